The van der Waals surface area contributed by atoms with Gasteiger partial charge < -0.3 is 10.4 Å². The van der Waals surface area contributed by atoms with Crippen LogP contribution in [0.1, 0.15) is 51.5 Å². The lowest BCUT2D eigenvalue weighted by molar-refractivity contribution is 0.267. The van der Waals surface area contributed by atoms with Gasteiger partial charge in [0.05, 0.1) is 0 Å². The van der Waals surface area contributed by atoms with Crippen LogP contribution < -0.4 is 5.32 Å². The van der Waals surface area contributed by atoms with E-state index in [0.717, 1.165) is 24.7 Å². The fraction of sp³-hybridized carbons (Fsp3) is 0.667. The second-order valence-corrected chi connectivity index (χ2v) is 6.65. The summed E-state index contributed by atoms with van der Waals surface area (Å²) in [5, 5.41) is 13.0. The summed E-state index contributed by atoms with van der Waals surface area (Å²) in [7, 11) is 0. The van der Waals surface area contributed by atoms with Crippen LogP contribution in [0.5, 0.6) is 5.75 Å². The van der Waals surface area contributed by atoms with E-state index >= 15 is 0 Å². The van der Waals surface area contributed by atoms with E-state index in [9.17, 15) is 5.11 Å². The third-order valence-electron chi connectivity index (χ3n) is 4.60. The molecule has 1 aromatic rings. The highest BCUT2D eigenvalue weighted by Crippen LogP contribution is 2.28. The van der Waals surface area contributed by atoms with Crippen molar-refractivity contribution in [1.82, 2.24) is 5.32 Å². The van der Waals surface area contributed by atoms with Gasteiger partial charge in [-0.2, -0.15) is 0 Å². The van der Waals surface area contributed by atoms with Gasteiger partial charge in [-0.15, -0.1) is 0 Å². The van der Waals surface area contributed by atoms with Gasteiger partial charge in [0.1, 0.15) is 5.75 Å². The molecule has 2 nitrogen and oxygen atoms in total. The summed E-state index contributed by atoms with van der Waals surface area (Å²) in [6.07, 6.45) is 7.88. The maximum absolute atomic E-state index is 9.27. The molecule has 2 N–H and O–H groups in total. The maximum Gasteiger partial charge on any atom is 0.115 e. The molecule has 1 aliphatic carbocycles. The molecule has 2 rings (SSSR count). The highest BCUT2D eigenvalue weighted by molar-refractivity contribution is 5.25. The van der Waals surface area contributed by atoms with Gasteiger partial charge in [-0.3, -0.25) is 0 Å². The Morgan fingerprint density at radius 1 is 1.25 bits per heavy atom. The lowest BCUT2D eigenvalue weighted by Crippen LogP contribution is -2.33. The Hall–Kier alpha value is -1.02. The molecule has 0 aliphatic heterocycles. The topological polar surface area (TPSA) is 32.3 Å². The third-order valence-corrected chi connectivity index (χ3v) is 4.60. The Morgan fingerprint density at radius 2 is 2.00 bits per heavy atom. The first-order valence-electron chi connectivity index (χ1n) is 8.14. The first kappa shape index (κ1) is 15.4. The normalized spacial score (nSPS) is 24.5. The Kier molecular flexibility index (Phi) is 5.90. The van der Waals surface area contributed by atoms with Crippen LogP contribution in [0, 0.1) is 11.8 Å². The van der Waals surface area contributed by atoms with Gasteiger partial charge in [0.25, 0.3) is 0 Å². The lowest BCUT2D eigenvalue weighted by atomic mass is 9.82. The van der Waals surface area contributed by atoms with Crippen LogP contribution in [0.3, 0.4) is 0 Å². The number of hydrogen-bond donors (Lipinski definition) is 2. The van der Waals surface area contributed by atoms with E-state index in [1.807, 2.05) is 12.1 Å². The number of benzene rings is 1. The lowest BCUT2D eigenvalue weighted by Gasteiger charge is -2.28. The highest BCUT2D eigenvalue weighted by atomic mass is 16.3. The standard InChI is InChI=1S/C18H29NO/c1-14-4-3-5-17(12-14)13-19-15(2)6-7-16-8-10-18(20)11-9-16/h8-11,14-15,17,19-20H,3-7,12-13H2,1-2H3. The molecule has 0 radical (unpaired) electrons. The minimum atomic E-state index is 0.353. The zero-order chi connectivity index (χ0) is 14.4. The van der Waals surface area contributed by atoms with E-state index in [1.54, 1.807) is 12.1 Å². The van der Waals surface area contributed by atoms with E-state index in [1.165, 1.54) is 37.8 Å². The van der Waals surface area contributed by atoms with Crippen molar-refractivity contribution in [2.45, 2.75) is 58.4 Å². The molecule has 0 amide bonds. The molecular weight excluding hydrogens is 246 g/mol. The zero-order valence-corrected chi connectivity index (χ0v) is 12.9. The summed E-state index contributed by atoms with van der Waals surface area (Å²) in [6.45, 7) is 5.86. The molecule has 1 aromatic carbocycles. The van der Waals surface area contributed by atoms with Crippen molar-refractivity contribution in [2.75, 3.05) is 6.54 Å². The number of hydrogen-bond acceptors (Lipinski definition) is 2. The van der Waals surface area contributed by atoms with Crippen molar-refractivity contribution in [3.05, 3.63) is 29.8 Å². The van der Waals surface area contributed by atoms with Gasteiger partial charge >= 0.3 is 0 Å². The monoisotopic (exact) mass is 275 g/mol. The molecule has 3 atom stereocenters. The molecular formula is C18H29NO. The van der Waals surface area contributed by atoms with Gasteiger partial charge in [0.15, 0.2) is 0 Å². The summed E-state index contributed by atoms with van der Waals surface area (Å²) in [5.41, 5.74) is 1.31. The Morgan fingerprint density at radius 3 is 2.70 bits per heavy atom. The van der Waals surface area contributed by atoms with Crippen LogP contribution in [0.15, 0.2) is 24.3 Å². The van der Waals surface area contributed by atoms with Gasteiger partial charge in [-0.05, 0) is 68.7 Å². The predicted octanol–water partition coefficient (Wildman–Crippen LogP) is 4.13. The van der Waals surface area contributed by atoms with Crippen molar-refractivity contribution in [3.63, 3.8) is 0 Å². The predicted molar refractivity (Wildman–Crippen MR) is 85.0 cm³/mol. The first-order valence-corrected chi connectivity index (χ1v) is 8.14. The number of nitrogens with one attached hydrogen (secondary N) is 1. The maximum atomic E-state index is 9.27. The summed E-state index contributed by atoms with van der Waals surface area (Å²) in [4.78, 5) is 0. The smallest absolute Gasteiger partial charge is 0.115 e. The molecule has 0 heterocycles. The molecule has 0 bridgehead atoms. The van der Waals surface area contributed by atoms with Crippen molar-refractivity contribution in [1.29, 1.82) is 0 Å². The van der Waals surface area contributed by atoms with Gasteiger partial charge in [-0.25, -0.2) is 0 Å². The molecule has 1 saturated carbocycles. The third kappa shape index (κ3) is 5.16. The Bertz CT molecular complexity index is 387. The average Bonchev–Trinajstić information content (AvgIpc) is 2.45. The van der Waals surface area contributed by atoms with Crippen LogP contribution in [0.25, 0.3) is 0 Å². The Labute approximate surface area is 123 Å². The van der Waals surface area contributed by atoms with Crippen molar-refractivity contribution in [2.24, 2.45) is 11.8 Å². The number of phenols is 1. The van der Waals surface area contributed by atoms with Crippen molar-refractivity contribution in [3.8, 4) is 5.75 Å². The largest absolute Gasteiger partial charge is 0.508 e. The van der Waals surface area contributed by atoms with E-state index in [0.29, 0.717) is 11.8 Å². The second kappa shape index (κ2) is 7.68. The summed E-state index contributed by atoms with van der Waals surface area (Å²) >= 11 is 0. The number of aryl methyl sites for hydroxylation is 1. The van der Waals surface area contributed by atoms with E-state index in [-0.39, 0.29) is 0 Å². The van der Waals surface area contributed by atoms with Crippen LogP contribution in [0.2, 0.25) is 0 Å². The van der Waals surface area contributed by atoms with Gasteiger partial charge in [0, 0.05) is 6.04 Å². The molecule has 1 aliphatic rings. The molecule has 3 unspecified atom stereocenters. The summed E-state index contributed by atoms with van der Waals surface area (Å²) in [5.74, 6) is 2.16. The molecule has 0 spiro atoms. The van der Waals surface area contributed by atoms with Crippen LogP contribution >= 0.6 is 0 Å². The van der Waals surface area contributed by atoms with Crippen LogP contribution in [0.4, 0.5) is 0 Å². The summed E-state index contributed by atoms with van der Waals surface area (Å²) in [6, 6.07) is 8.16. The fourth-order valence-electron chi connectivity index (χ4n) is 3.26. The average molecular weight is 275 g/mol. The molecule has 0 aromatic heterocycles. The number of aromatic hydroxyl groups is 1. The molecule has 20 heavy (non-hydrogen) atoms. The van der Waals surface area contributed by atoms with Gasteiger partial charge in [-0.1, -0.05) is 31.9 Å². The molecule has 1 fully saturated rings. The van der Waals surface area contributed by atoms with E-state index in [4.69, 9.17) is 0 Å². The van der Waals surface area contributed by atoms with Crippen LogP contribution in [-0.4, -0.2) is 17.7 Å². The van der Waals surface area contributed by atoms with Crippen LogP contribution in [-0.2, 0) is 6.42 Å². The number of phenolic OH excluding ortho intramolecular Hbond substituents is 1. The van der Waals surface area contributed by atoms with Crippen molar-refractivity contribution >= 4 is 0 Å². The molecule has 112 valence electrons. The first-order chi connectivity index (χ1) is 9.63. The van der Waals surface area contributed by atoms with E-state index < -0.39 is 0 Å². The summed E-state index contributed by atoms with van der Waals surface area (Å²) < 4.78 is 0. The quantitative estimate of drug-likeness (QED) is 0.818. The molecule has 2 heteroatoms. The SMILES string of the molecule is CC1CCCC(CNC(C)CCc2ccc(O)cc2)C1. The zero-order valence-electron chi connectivity index (χ0n) is 12.9. The minimum absolute atomic E-state index is 0.353. The minimum Gasteiger partial charge on any atom is -0.508 e. The van der Waals surface area contributed by atoms with Gasteiger partial charge in [0.2, 0.25) is 0 Å². The van der Waals surface area contributed by atoms with E-state index in [2.05, 4.69) is 19.2 Å². The molecule has 0 saturated heterocycles. The fourth-order valence-corrected chi connectivity index (χ4v) is 3.26. The highest BCUT2D eigenvalue weighted by Gasteiger charge is 2.18. The second-order valence-electron chi connectivity index (χ2n) is 6.65. The number of rotatable bonds is 6. The Balaban J connectivity index is 1.65. The van der Waals surface area contributed by atoms with Crippen molar-refractivity contribution < 1.29 is 5.11 Å².